The highest BCUT2D eigenvalue weighted by molar-refractivity contribution is 6.32. The van der Waals surface area contributed by atoms with Gasteiger partial charge >= 0.3 is 5.97 Å². The lowest BCUT2D eigenvalue weighted by Gasteiger charge is -2.17. The summed E-state index contributed by atoms with van der Waals surface area (Å²) >= 11 is 6.12. The molecule has 0 atom stereocenters. The van der Waals surface area contributed by atoms with E-state index in [9.17, 15) is 4.79 Å². The molecule has 0 fully saturated rings. The van der Waals surface area contributed by atoms with Crippen molar-refractivity contribution in [3.8, 4) is 0 Å². The third-order valence-electron chi connectivity index (χ3n) is 3.47. The molecular weight excluding hydrogens is 302 g/mol. The highest BCUT2D eigenvalue weighted by Crippen LogP contribution is 2.33. The Bertz CT molecular complexity index is 893. The Morgan fingerprint density at radius 1 is 1.23 bits per heavy atom. The Balaban J connectivity index is 2.56. The van der Waals surface area contributed by atoms with E-state index in [-0.39, 0.29) is 0 Å². The Kier molecular flexibility index (Phi) is 3.58. The van der Waals surface area contributed by atoms with Crippen molar-refractivity contribution in [2.75, 3.05) is 26.1 Å². The molecule has 3 rings (SSSR count). The Morgan fingerprint density at radius 2 is 2.00 bits per heavy atom. The first-order valence-corrected chi connectivity index (χ1v) is 7.03. The maximum atomic E-state index is 12.1. The van der Waals surface area contributed by atoms with Crippen LogP contribution < -0.4 is 4.90 Å². The van der Waals surface area contributed by atoms with Crippen molar-refractivity contribution < 1.29 is 9.53 Å². The van der Waals surface area contributed by atoms with E-state index in [2.05, 4.69) is 9.97 Å². The summed E-state index contributed by atoms with van der Waals surface area (Å²) in [7, 11) is 5.15. The van der Waals surface area contributed by atoms with Crippen LogP contribution in [0.3, 0.4) is 0 Å². The summed E-state index contributed by atoms with van der Waals surface area (Å²) in [6.45, 7) is 0. The monoisotopic (exact) mass is 315 g/mol. The van der Waals surface area contributed by atoms with Crippen LogP contribution in [0.2, 0.25) is 5.02 Å². The number of hydrogen-bond acceptors (Lipinski definition) is 5. The van der Waals surface area contributed by atoms with Gasteiger partial charge in [-0.25, -0.2) is 9.78 Å². The first-order chi connectivity index (χ1) is 10.5. The van der Waals surface area contributed by atoms with E-state index in [1.807, 2.05) is 25.1 Å². The number of fused-ring (bicyclic) bond motifs is 3. The topological polar surface area (TPSA) is 55.3 Å². The van der Waals surface area contributed by atoms with Gasteiger partial charge in [0.2, 0.25) is 0 Å². The molecule has 112 valence electrons. The maximum absolute atomic E-state index is 12.1. The SMILES string of the molecule is COC(=O)c1cncc2c(N(C)C)nc3ccc(Cl)cc3c12. The van der Waals surface area contributed by atoms with Crippen LogP contribution in [0.15, 0.2) is 30.6 Å². The number of anilines is 1. The van der Waals surface area contributed by atoms with E-state index in [0.29, 0.717) is 10.6 Å². The van der Waals surface area contributed by atoms with Crippen molar-refractivity contribution in [1.29, 1.82) is 0 Å². The molecule has 0 aliphatic rings. The summed E-state index contributed by atoms with van der Waals surface area (Å²) in [5, 5.41) is 2.91. The predicted molar refractivity (Wildman–Crippen MR) is 87.7 cm³/mol. The second-order valence-electron chi connectivity index (χ2n) is 5.09. The fourth-order valence-corrected chi connectivity index (χ4v) is 2.68. The Hall–Kier alpha value is -2.40. The fraction of sp³-hybridized carbons (Fsp3) is 0.188. The minimum atomic E-state index is -0.435. The summed E-state index contributed by atoms with van der Waals surface area (Å²) in [5.74, 6) is 0.304. The van der Waals surface area contributed by atoms with Gasteiger partial charge in [0.1, 0.15) is 5.82 Å². The van der Waals surface area contributed by atoms with Crippen LogP contribution in [0.4, 0.5) is 5.82 Å². The standard InChI is InChI=1S/C16H14ClN3O2/c1-20(2)15-11-7-18-8-12(16(21)22-3)14(11)10-6-9(17)4-5-13(10)19-15/h4-8H,1-3H3. The van der Waals surface area contributed by atoms with Crippen LogP contribution >= 0.6 is 11.6 Å². The summed E-state index contributed by atoms with van der Waals surface area (Å²) in [6.07, 6.45) is 3.21. The van der Waals surface area contributed by atoms with E-state index in [1.54, 1.807) is 18.3 Å². The van der Waals surface area contributed by atoms with E-state index in [0.717, 1.165) is 27.5 Å². The van der Waals surface area contributed by atoms with Crippen LogP contribution in [0.1, 0.15) is 10.4 Å². The largest absolute Gasteiger partial charge is 0.465 e. The van der Waals surface area contributed by atoms with Crippen LogP contribution in [0, 0.1) is 0 Å². The number of ether oxygens (including phenoxy) is 1. The number of benzene rings is 1. The van der Waals surface area contributed by atoms with Gasteiger partial charge in [-0.15, -0.1) is 0 Å². The highest BCUT2D eigenvalue weighted by atomic mass is 35.5. The summed E-state index contributed by atoms with van der Waals surface area (Å²) in [5.41, 5.74) is 1.16. The van der Waals surface area contributed by atoms with Crippen molar-refractivity contribution in [1.82, 2.24) is 9.97 Å². The zero-order valence-corrected chi connectivity index (χ0v) is 13.2. The van der Waals surface area contributed by atoms with Crippen molar-refractivity contribution >= 4 is 45.1 Å². The molecule has 0 aliphatic carbocycles. The highest BCUT2D eigenvalue weighted by Gasteiger charge is 2.18. The number of carbonyl (C=O) groups is 1. The normalized spacial score (nSPS) is 10.9. The summed E-state index contributed by atoms with van der Waals surface area (Å²) in [6, 6.07) is 5.42. The van der Waals surface area contributed by atoms with E-state index in [1.165, 1.54) is 13.3 Å². The van der Waals surface area contributed by atoms with E-state index < -0.39 is 5.97 Å². The summed E-state index contributed by atoms with van der Waals surface area (Å²) in [4.78, 5) is 22.8. The lowest BCUT2D eigenvalue weighted by molar-refractivity contribution is 0.0602. The molecule has 22 heavy (non-hydrogen) atoms. The molecule has 0 unspecified atom stereocenters. The zero-order valence-electron chi connectivity index (χ0n) is 12.4. The number of rotatable bonds is 2. The number of esters is 1. The van der Waals surface area contributed by atoms with Gasteiger partial charge in [-0.2, -0.15) is 0 Å². The second-order valence-corrected chi connectivity index (χ2v) is 5.53. The molecule has 0 radical (unpaired) electrons. The molecule has 0 amide bonds. The van der Waals surface area contributed by atoms with Gasteiger partial charge in [0.05, 0.1) is 18.2 Å². The van der Waals surface area contributed by atoms with Gasteiger partial charge in [-0.1, -0.05) is 11.6 Å². The first-order valence-electron chi connectivity index (χ1n) is 6.65. The third-order valence-corrected chi connectivity index (χ3v) is 3.71. The van der Waals surface area contributed by atoms with Crippen molar-refractivity contribution in [2.45, 2.75) is 0 Å². The molecule has 2 heterocycles. The molecule has 0 N–H and O–H groups in total. The Labute approximate surface area is 132 Å². The van der Waals surface area contributed by atoms with Crippen LogP contribution in [0.25, 0.3) is 21.7 Å². The van der Waals surface area contributed by atoms with E-state index >= 15 is 0 Å². The quantitative estimate of drug-likeness (QED) is 0.536. The lowest BCUT2D eigenvalue weighted by atomic mass is 10.0. The van der Waals surface area contributed by atoms with Gasteiger partial charge in [0.25, 0.3) is 0 Å². The molecule has 0 bridgehead atoms. The van der Waals surface area contributed by atoms with Gasteiger partial charge in [-0.05, 0) is 18.2 Å². The van der Waals surface area contributed by atoms with Crippen LogP contribution in [-0.2, 0) is 4.74 Å². The first kappa shape index (κ1) is 14.5. The second kappa shape index (κ2) is 5.42. The third kappa shape index (κ3) is 2.23. The molecule has 5 nitrogen and oxygen atoms in total. The predicted octanol–water partition coefficient (Wildman–Crippen LogP) is 3.29. The molecule has 0 spiro atoms. The summed E-state index contributed by atoms with van der Waals surface area (Å²) < 4.78 is 4.88. The molecule has 0 saturated carbocycles. The molecule has 6 heteroatoms. The number of methoxy groups -OCH3 is 1. The molecule has 0 saturated heterocycles. The number of carbonyl (C=O) groups excluding carboxylic acids is 1. The number of halogens is 1. The van der Waals surface area contributed by atoms with Gasteiger partial charge in [-0.3, -0.25) is 4.98 Å². The number of hydrogen-bond donors (Lipinski definition) is 0. The minimum absolute atomic E-state index is 0.401. The smallest absolute Gasteiger partial charge is 0.340 e. The van der Waals surface area contributed by atoms with Crippen molar-refractivity contribution in [3.05, 3.63) is 41.2 Å². The molecule has 3 aromatic rings. The van der Waals surface area contributed by atoms with E-state index in [4.69, 9.17) is 16.3 Å². The van der Waals surface area contributed by atoms with Crippen LogP contribution in [0.5, 0.6) is 0 Å². The van der Waals surface area contributed by atoms with Gasteiger partial charge in [0.15, 0.2) is 0 Å². The molecular formula is C16H14ClN3O2. The lowest BCUT2D eigenvalue weighted by Crippen LogP contribution is -2.12. The van der Waals surface area contributed by atoms with Crippen molar-refractivity contribution in [2.24, 2.45) is 0 Å². The maximum Gasteiger partial charge on any atom is 0.340 e. The zero-order chi connectivity index (χ0) is 15.9. The minimum Gasteiger partial charge on any atom is -0.465 e. The van der Waals surface area contributed by atoms with Crippen molar-refractivity contribution in [3.63, 3.8) is 0 Å². The molecule has 0 aliphatic heterocycles. The number of nitrogens with zero attached hydrogens (tertiary/aromatic N) is 3. The average molecular weight is 316 g/mol. The molecule has 1 aromatic carbocycles. The molecule has 2 aromatic heterocycles. The number of pyridine rings is 2. The Morgan fingerprint density at radius 3 is 2.68 bits per heavy atom. The fourth-order valence-electron chi connectivity index (χ4n) is 2.51. The number of aromatic nitrogens is 2. The van der Waals surface area contributed by atoms with Crippen LogP contribution in [-0.4, -0.2) is 37.1 Å². The van der Waals surface area contributed by atoms with Gasteiger partial charge < -0.3 is 9.64 Å². The average Bonchev–Trinajstić information content (AvgIpc) is 2.52. The van der Waals surface area contributed by atoms with Gasteiger partial charge in [0, 0.05) is 47.7 Å².